The van der Waals surface area contributed by atoms with Gasteiger partial charge in [0, 0.05) is 29.9 Å². The van der Waals surface area contributed by atoms with Crippen molar-refractivity contribution in [1.29, 1.82) is 0 Å². The molecule has 0 bridgehead atoms. The first-order valence-corrected chi connectivity index (χ1v) is 10.5. The van der Waals surface area contributed by atoms with Crippen LogP contribution in [0.15, 0.2) is 66.7 Å². The lowest BCUT2D eigenvalue weighted by Gasteiger charge is -2.29. The number of rotatable bonds is 6. The molecule has 158 valence electrons. The molecular weight excluding hydrogens is 388 g/mol. The van der Waals surface area contributed by atoms with E-state index in [1.54, 1.807) is 6.07 Å². The Morgan fingerprint density at radius 3 is 2.55 bits per heavy atom. The van der Waals surface area contributed by atoms with Crippen molar-refractivity contribution in [2.45, 2.75) is 26.8 Å². The zero-order valence-corrected chi connectivity index (χ0v) is 17.9. The van der Waals surface area contributed by atoms with Crippen molar-refractivity contribution in [3.63, 3.8) is 0 Å². The monoisotopic (exact) mass is 414 g/mol. The summed E-state index contributed by atoms with van der Waals surface area (Å²) in [7, 11) is 0. The van der Waals surface area contributed by atoms with Gasteiger partial charge in [0.05, 0.1) is 0 Å². The van der Waals surface area contributed by atoms with Crippen molar-refractivity contribution < 1.29 is 14.3 Å². The number of benzene rings is 3. The van der Waals surface area contributed by atoms with Crippen LogP contribution in [0.3, 0.4) is 0 Å². The van der Waals surface area contributed by atoms with E-state index in [1.807, 2.05) is 48.2 Å². The van der Waals surface area contributed by atoms with Gasteiger partial charge in [-0.15, -0.1) is 0 Å². The first-order valence-electron chi connectivity index (χ1n) is 10.5. The molecule has 0 atom stereocenters. The molecule has 0 spiro atoms. The number of carbonyl (C=O) groups excluding carboxylic acids is 2. The maximum Gasteiger partial charge on any atom is 0.262 e. The van der Waals surface area contributed by atoms with E-state index in [2.05, 4.69) is 36.5 Å². The first-order chi connectivity index (χ1) is 15.0. The third kappa shape index (κ3) is 4.94. The second kappa shape index (κ2) is 9.04. The smallest absolute Gasteiger partial charge is 0.262 e. The topological polar surface area (TPSA) is 58.6 Å². The van der Waals surface area contributed by atoms with Crippen LogP contribution in [0, 0.1) is 13.8 Å². The summed E-state index contributed by atoms with van der Waals surface area (Å²) in [5.74, 6) is 0.364. The van der Waals surface area contributed by atoms with Crippen molar-refractivity contribution in [1.82, 2.24) is 4.90 Å². The number of hydrogen-bond acceptors (Lipinski definition) is 3. The van der Waals surface area contributed by atoms with Gasteiger partial charge in [0.25, 0.3) is 11.8 Å². The number of aryl methyl sites for hydroxylation is 2. The molecule has 4 rings (SSSR count). The van der Waals surface area contributed by atoms with Crippen LogP contribution in [0.4, 0.5) is 5.69 Å². The predicted molar refractivity (Wildman–Crippen MR) is 121 cm³/mol. The Kier molecular flexibility index (Phi) is 6.03. The van der Waals surface area contributed by atoms with Gasteiger partial charge in [-0.3, -0.25) is 9.59 Å². The van der Waals surface area contributed by atoms with Crippen molar-refractivity contribution in [2.75, 3.05) is 18.5 Å². The molecule has 2 amide bonds. The Morgan fingerprint density at radius 2 is 1.77 bits per heavy atom. The number of amides is 2. The fourth-order valence-electron chi connectivity index (χ4n) is 3.81. The average molecular weight is 415 g/mol. The molecule has 3 aromatic rings. The first kappa shape index (κ1) is 20.7. The van der Waals surface area contributed by atoms with Gasteiger partial charge in [-0.05, 0) is 55.7 Å². The normalized spacial score (nSPS) is 13.0. The quantitative estimate of drug-likeness (QED) is 0.645. The lowest BCUT2D eigenvalue weighted by Crippen LogP contribution is -2.37. The molecule has 1 N–H and O–H groups in total. The molecule has 1 heterocycles. The fraction of sp³-hybridized carbons (Fsp3) is 0.231. The van der Waals surface area contributed by atoms with Crippen molar-refractivity contribution >= 4 is 17.5 Å². The van der Waals surface area contributed by atoms with Gasteiger partial charge < -0.3 is 15.0 Å². The number of nitrogens with zero attached hydrogens (tertiary/aromatic N) is 1. The van der Waals surface area contributed by atoms with E-state index in [9.17, 15) is 9.59 Å². The second-order valence-electron chi connectivity index (χ2n) is 7.95. The zero-order valence-electron chi connectivity index (χ0n) is 17.9. The number of hydrogen-bond donors (Lipinski definition) is 1. The van der Waals surface area contributed by atoms with Gasteiger partial charge in [0.2, 0.25) is 0 Å². The van der Waals surface area contributed by atoms with Gasteiger partial charge in [-0.25, -0.2) is 0 Å². The molecule has 3 aromatic carbocycles. The molecule has 31 heavy (non-hydrogen) atoms. The highest BCUT2D eigenvalue weighted by Gasteiger charge is 2.26. The average Bonchev–Trinajstić information content (AvgIpc) is 2.76. The third-order valence-electron chi connectivity index (χ3n) is 5.44. The van der Waals surface area contributed by atoms with Crippen LogP contribution in [0.25, 0.3) is 0 Å². The van der Waals surface area contributed by atoms with Crippen LogP contribution in [-0.2, 0) is 17.8 Å². The van der Waals surface area contributed by atoms with Crippen molar-refractivity contribution in [2.24, 2.45) is 0 Å². The largest absolute Gasteiger partial charge is 0.483 e. The highest BCUT2D eigenvalue weighted by Crippen LogP contribution is 2.29. The molecule has 5 heteroatoms. The molecule has 0 saturated heterocycles. The summed E-state index contributed by atoms with van der Waals surface area (Å²) in [5.41, 5.74) is 5.65. The Hall–Kier alpha value is -3.60. The number of ether oxygens (including phenoxy) is 1. The number of carbonyl (C=O) groups is 2. The molecule has 0 saturated carbocycles. The van der Waals surface area contributed by atoms with Crippen LogP contribution >= 0.6 is 0 Å². The lowest BCUT2D eigenvalue weighted by atomic mass is 9.97. The van der Waals surface area contributed by atoms with Gasteiger partial charge in [-0.1, -0.05) is 48.0 Å². The number of fused-ring (bicyclic) bond motifs is 1. The molecule has 0 aromatic heterocycles. The molecule has 0 radical (unpaired) electrons. The Morgan fingerprint density at radius 1 is 1.00 bits per heavy atom. The van der Waals surface area contributed by atoms with Crippen LogP contribution in [0.2, 0.25) is 0 Å². The standard InChI is InChI=1S/C26H26N2O3/c1-18-9-11-20(12-10-18)16-28-14-13-22-23(26(28)30)7-4-8-24(22)31-17-25(29)27-21-6-3-5-19(2)15-21/h3-12,15H,13-14,16-17H2,1-2H3,(H,27,29). The summed E-state index contributed by atoms with van der Waals surface area (Å²) < 4.78 is 5.80. The van der Waals surface area contributed by atoms with Gasteiger partial charge >= 0.3 is 0 Å². The minimum absolute atomic E-state index is 0.00325. The van der Waals surface area contributed by atoms with E-state index in [1.165, 1.54) is 5.56 Å². The Bertz CT molecular complexity index is 1110. The van der Waals surface area contributed by atoms with E-state index in [0.29, 0.717) is 30.8 Å². The third-order valence-corrected chi connectivity index (χ3v) is 5.44. The van der Waals surface area contributed by atoms with Gasteiger partial charge in [0.1, 0.15) is 5.75 Å². The molecular formula is C26H26N2O3. The van der Waals surface area contributed by atoms with Crippen molar-refractivity contribution in [3.05, 3.63) is 94.5 Å². The van der Waals surface area contributed by atoms with E-state index in [-0.39, 0.29) is 18.4 Å². The second-order valence-corrected chi connectivity index (χ2v) is 7.95. The summed E-state index contributed by atoms with van der Waals surface area (Å²) in [6.45, 7) is 5.13. The van der Waals surface area contributed by atoms with Gasteiger partial charge in [0.15, 0.2) is 6.61 Å². The molecule has 5 nitrogen and oxygen atoms in total. The molecule has 0 aliphatic carbocycles. The predicted octanol–water partition coefficient (Wildman–Crippen LogP) is 4.52. The van der Waals surface area contributed by atoms with Crippen LogP contribution in [0.5, 0.6) is 5.75 Å². The van der Waals surface area contributed by atoms with E-state index >= 15 is 0 Å². The SMILES string of the molecule is Cc1ccc(CN2CCc3c(OCC(=O)Nc4cccc(C)c4)cccc3C2=O)cc1. The summed E-state index contributed by atoms with van der Waals surface area (Å²) in [4.78, 5) is 27.2. The highest BCUT2D eigenvalue weighted by atomic mass is 16.5. The summed E-state index contributed by atoms with van der Waals surface area (Å²) in [6, 6.07) is 21.3. The van der Waals surface area contributed by atoms with E-state index < -0.39 is 0 Å². The molecule has 0 fully saturated rings. The van der Waals surface area contributed by atoms with Crippen molar-refractivity contribution in [3.8, 4) is 5.75 Å². The summed E-state index contributed by atoms with van der Waals surface area (Å²) in [5, 5.41) is 2.84. The number of nitrogens with one attached hydrogen (secondary N) is 1. The summed E-state index contributed by atoms with van der Waals surface area (Å²) in [6.07, 6.45) is 0.697. The fourth-order valence-corrected chi connectivity index (χ4v) is 3.81. The van der Waals surface area contributed by atoms with E-state index in [0.717, 1.165) is 22.4 Å². The zero-order chi connectivity index (χ0) is 21.8. The lowest BCUT2D eigenvalue weighted by molar-refractivity contribution is -0.118. The molecule has 1 aliphatic heterocycles. The maximum atomic E-state index is 13.0. The Labute approximate surface area is 182 Å². The van der Waals surface area contributed by atoms with Crippen LogP contribution < -0.4 is 10.1 Å². The summed E-state index contributed by atoms with van der Waals surface area (Å²) >= 11 is 0. The number of anilines is 1. The van der Waals surface area contributed by atoms with Crippen LogP contribution in [0.1, 0.15) is 32.6 Å². The van der Waals surface area contributed by atoms with Gasteiger partial charge in [-0.2, -0.15) is 0 Å². The molecule has 0 unspecified atom stereocenters. The molecule has 1 aliphatic rings. The van der Waals surface area contributed by atoms with E-state index in [4.69, 9.17) is 4.74 Å². The minimum Gasteiger partial charge on any atom is -0.483 e. The highest BCUT2D eigenvalue weighted by molar-refractivity contribution is 5.97. The Balaban J connectivity index is 1.41. The maximum absolute atomic E-state index is 13.0. The minimum atomic E-state index is -0.230. The van der Waals surface area contributed by atoms with Crippen LogP contribution in [-0.4, -0.2) is 29.9 Å².